The third-order valence-electron chi connectivity index (χ3n) is 5.52. The number of hydrogen-bond donors (Lipinski definition) is 4. The third-order valence-corrected chi connectivity index (χ3v) is 5.52. The standard InChI is InChI=1S/2C13H16N4O2/c2*1-18-10-4-3-8(6-11(10)19-2)5-9-7-16-13(15)17-12(9)14/h2*3-4,6-7H,5H2,1-2H3,(H4,14,15,16,17). The largest absolute Gasteiger partial charge is 0.493 e. The first-order chi connectivity index (χ1) is 18.3. The lowest BCUT2D eigenvalue weighted by molar-refractivity contribution is 0.354. The van der Waals surface area contributed by atoms with E-state index in [1.807, 2.05) is 36.4 Å². The minimum atomic E-state index is 0.175. The molecule has 0 aliphatic carbocycles. The van der Waals surface area contributed by atoms with Crippen LogP contribution in [-0.2, 0) is 12.8 Å². The van der Waals surface area contributed by atoms with E-state index in [2.05, 4.69) is 19.9 Å². The molecule has 12 heteroatoms. The van der Waals surface area contributed by atoms with Crippen LogP contribution in [0.5, 0.6) is 23.0 Å². The fraction of sp³-hybridized carbons (Fsp3) is 0.231. The number of ether oxygens (including phenoxy) is 4. The van der Waals surface area contributed by atoms with Crippen molar-refractivity contribution in [3.63, 3.8) is 0 Å². The number of aromatic nitrogens is 4. The lowest BCUT2D eigenvalue weighted by Gasteiger charge is -2.10. The topological polar surface area (TPSA) is 193 Å². The summed E-state index contributed by atoms with van der Waals surface area (Å²) in [4.78, 5) is 15.8. The van der Waals surface area contributed by atoms with Gasteiger partial charge in [-0.05, 0) is 35.4 Å². The second-order valence-electron chi connectivity index (χ2n) is 8.01. The Morgan fingerprint density at radius 2 is 0.921 bits per heavy atom. The number of hydrogen-bond acceptors (Lipinski definition) is 12. The highest BCUT2D eigenvalue weighted by Gasteiger charge is 2.09. The van der Waals surface area contributed by atoms with Crippen molar-refractivity contribution in [3.8, 4) is 23.0 Å². The zero-order valence-corrected chi connectivity index (χ0v) is 21.8. The molecule has 38 heavy (non-hydrogen) atoms. The van der Waals surface area contributed by atoms with Crippen LogP contribution in [0.3, 0.4) is 0 Å². The third kappa shape index (κ3) is 7.03. The van der Waals surface area contributed by atoms with E-state index >= 15 is 0 Å². The van der Waals surface area contributed by atoms with Gasteiger partial charge in [0.1, 0.15) is 11.6 Å². The average molecular weight is 521 g/mol. The molecule has 2 aromatic carbocycles. The molecule has 4 rings (SSSR count). The molecule has 12 nitrogen and oxygen atoms in total. The van der Waals surface area contributed by atoms with Crippen molar-refractivity contribution in [1.82, 2.24) is 19.9 Å². The predicted molar refractivity (Wildman–Crippen MR) is 146 cm³/mol. The average Bonchev–Trinajstić information content (AvgIpc) is 2.92. The van der Waals surface area contributed by atoms with Crippen molar-refractivity contribution in [2.45, 2.75) is 12.8 Å². The highest BCUT2D eigenvalue weighted by Crippen LogP contribution is 2.30. The molecule has 4 aromatic rings. The molecular weight excluding hydrogens is 488 g/mol. The summed E-state index contributed by atoms with van der Waals surface area (Å²) in [6.45, 7) is 0. The van der Waals surface area contributed by atoms with Crippen LogP contribution in [0.4, 0.5) is 23.5 Å². The summed E-state index contributed by atoms with van der Waals surface area (Å²) < 4.78 is 20.9. The van der Waals surface area contributed by atoms with Gasteiger partial charge in [-0.1, -0.05) is 12.1 Å². The van der Waals surface area contributed by atoms with Crippen LogP contribution >= 0.6 is 0 Å². The summed E-state index contributed by atoms with van der Waals surface area (Å²) in [6, 6.07) is 11.4. The molecular formula is C26H32N8O4. The van der Waals surface area contributed by atoms with Crippen molar-refractivity contribution in [1.29, 1.82) is 0 Å². The molecule has 0 radical (unpaired) electrons. The number of benzene rings is 2. The minimum Gasteiger partial charge on any atom is -0.493 e. The monoisotopic (exact) mass is 520 g/mol. The van der Waals surface area contributed by atoms with E-state index in [1.165, 1.54) is 0 Å². The van der Waals surface area contributed by atoms with E-state index in [9.17, 15) is 0 Å². The first kappa shape index (κ1) is 27.6. The second kappa shape index (κ2) is 12.8. The maximum absolute atomic E-state index is 5.81. The first-order valence-electron chi connectivity index (χ1n) is 11.4. The molecule has 8 N–H and O–H groups in total. The van der Waals surface area contributed by atoms with Gasteiger partial charge in [0.05, 0.1) is 28.4 Å². The number of nitrogens with two attached hydrogens (primary N) is 4. The first-order valence-corrected chi connectivity index (χ1v) is 11.4. The van der Waals surface area contributed by atoms with E-state index in [1.54, 1.807) is 40.8 Å². The number of methoxy groups -OCH3 is 4. The van der Waals surface area contributed by atoms with Crippen molar-refractivity contribution < 1.29 is 18.9 Å². The van der Waals surface area contributed by atoms with Crippen LogP contribution in [0.2, 0.25) is 0 Å². The second-order valence-corrected chi connectivity index (χ2v) is 8.01. The zero-order valence-electron chi connectivity index (χ0n) is 21.8. The number of nitrogens with zero attached hydrogens (tertiary/aromatic N) is 4. The maximum atomic E-state index is 5.81. The number of anilines is 4. The molecule has 0 spiro atoms. The predicted octanol–water partition coefficient (Wildman–Crippen LogP) is 2.50. The Bertz CT molecular complexity index is 1280. The molecule has 0 fully saturated rings. The molecule has 0 amide bonds. The smallest absolute Gasteiger partial charge is 0.221 e. The number of nitrogen functional groups attached to an aromatic ring is 4. The van der Waals surface area contributed by atoms with Gasteiger partial charge in [-0.3, -0.25) is 0 Å². The van der Waals surface area contributed by atoms with Crippen LogP contribution in [-0.4, -0.2) is 48.4 Å². The van der Waals surface area contributed by atoms with Crippen LogP contribution in [0.1, 0.15) is 22.3 Å². The minimum absolute atomic E-state index is 0.175. The summed E-state index contributed by atoms with van der Waals surface area (Å²) in [5.41, 5.74) is 26.2. The van der Waals surface area contributed by atoms with Crippen LogP contribution in [0.15, 0.2) is 48.8 Å². The van der Waals surface area contributed by atoms with Crippen LogP contribution in [0.25, 0.3) is 0 Å². The Morgan fingerprint density at radius 3 is 1.24 bits per heavy atom. The van der Waals surface area contributed by atoms with Gasteiger partial charge in [-0.15, -0.1) is 0 Å². The van der Waals surface area contributed by atoms with E-state index in [0.717, 1.165) is 22.3 Å². The maximum Gasteiger partial charge on any atom is 0.221 e. The molecule has 0 saturated heterocycles. The fourth-order valence-corrected chi connectivity index (χ4v) is 3.56. The molecule has 0 unspecified atom stereocenters. The van der Waals surface area contributed by atoms with Gasteiger partial charge in [0.25, 0.3) is 0 Å². The van der Waals surface area contributed by atoms with Crippen LogP contribution in [0, 0.1) is 0 Å². The Kier molecular flexibility index (Phi) is 9.30. The fourth-order valence-electron chi connectivity index (χ4n) is 3.56. The molecule has 0 atom stereocenters. The van der Waals surface area contributed by atoms with E-state index in [4.69, 9.17) is 41.9 Å². The molecule has 0 bridgehead atoms. The molecule has 0 aliphatic rings. The molecule has 0 aliphatic heterocycles. The molecule has 2 heterocycles. The highest BCUT2D eigenvalue weighted by molar-refractivity contribution is 5.49. The molecule has 200 valence electrons. The SMILES string of the molecule is COc1ccc(Cc2cnc(N)nc2N)cc1OC.COc1ccc(Cc2cnc(N)nc2N)cc1OC. The van der Waals surface area contributed by atoms with Crippen molar-refractivity contribution in [3.05, 3.63) is 71.0 Å². The van der Waals surface area contributed by atoms with Crippen LogP contribution < -0.4 is 41.9 Å². The molecule has 0 saturated carbocycles. The van der Waals surface area contributed by atoms with Gasteiger partial charge in [-0.2, -0.15) is 9.97 Å². The Hall–Kier alpha value is -5.00. The van der Waals surface area contributed by atoms with Gasteiger partial charge in [0, 0.05) is 36.4 Å². The number of rotatable bonds is 8. The summed E-state index contributed by atoms with van der Waals surface area (Å²) in [5, 5.41) is 0. The summed E-state index contributed by atoms with van der Waals surface area (Å²) in [5.74, 6) is 3.86. The Labute approximate surface area is 220 Å². The summed E-state index contributed by atoms with van der Waals surface area (Å²) >= 11 is 0. The van der Waals surface area contributed by atoms with Crippen molar-refractivity contribution in [2.24, 2.45) is 0 Å². The van der Waals surface area contributed by atoms with Gasteiger partial charge >= 0.3 is 0 Å². The Balaban J connectivity index is 0.000000211. The lowest BCUT2D eigenvalue weighted by Crippen LogP contribution is -2.04. The molecule has 2 aromatic heterocycles. The van der Waals surface area contributed by atoms with E-state index in [0.29, 0.717) is 47.5 Å². The van der Waals surface area contributed by atoms with E-state index in [-0.39, 0.29) is 11.9 Å². The summed E-state index contributed by atoms with van der Waals surface area (Å²) in [6.07, 6.45) is 4.47. The van der Waals surface area contributed by atoms with Gasteiger partial charge in [-0.25, -0.2) is 9.97 Å². The van der Waals surface area contributed by atoms with Gasteiger partial charge in [0.15, 0.2) is 23.0 Å². The highest BCUT2D eigenvalue weighted by atomic mass is 16.5. The van der Waals surface area contributed by atoms with Gasteiger partial charge in [0.2, 0.25) is 11.9 Å². The van der Waals surface area contributed by atoms with Crippen molar-refractivity contribution >= 4 is 23.5 Å². The lowest BCUT2D eigenvalue weighted by atomic mass is 10.1. The Morgan fingerprint density at radius 1 is 0.553 bits per heavy atom. The normalized spacial score (nSPS) is 10.2. The zero-order chi connectivity index (χ0) is 27.7. The quantitative estimate of drug-likeness (QED) is 0.266. The van der Waals surface area contributed by atoms with Crippen molar-refractivity contribution in [2.75, 3.05) is 51.4 Å². The van der Waals surface area contributed by atoms with E-state index < -0.39 is 0 Å². The van der Waals surface area contributed by atoms with Gasteiger partial charge < -0.3 is 41.9 Å². The summed E-state index contributed by atoms with van der Waals surface area (Å²) in [7, 11) is 6.40.